The summed E-state index contributed by atoms with van der Waals surface area (Å²) in [4.78, 5) is 0. The van der Waals surface area contributed by atoms with Crippen molar-refractivity contribution >= 4 is 15.8 Å². The molecule has 0 fully saturated rings. The molecule has 1 rings (SSSR count). The Labute approximate surface area is 88.5 Å². The second kappa shape index (κ2) is 5.11. The number of rotatable bonds is 5. The van der Waals surface area contributed by atoms with Crippen LogP contribution in [-0.4, -0.2) is 36.5 Å². The Morgan fingerprint density at radius 3 is 2.40 bits per heavy atom. The predicted octanol–water partition coefficient (Wildman–Crippen LogP) is 0.347. The molecule has 3 N–H and O–H groups in total. The Morgan fingerprint density at radius 2 is 1.87 bits per heavy atom. The average Bonchev–Trinajstić information content (AvgIpc) is 2.14. The summed E-state index contributed by atoms with van der Waals surface area (Å²) in [6, 6.07) is 9.06. The molecule has 1 atom stereocenters. The van der Waals surface area contributed by atoms with E-state index >= 15 is 0 Å². The number of hydrogen-bond donors (Lipinski definition) is 3. The lowest BCUT2D eigenvalue weighted by Crippen LogP contribution is -2.27. The van der Waals surface area contributed by atoms with Crippen LogP contribution in [0.1, 0.15) is 0 Å². The van der Waals surface area contributed by atoms with Gasteiger partial charge in [-0.05, 0) is 12.1 Å². The molecule has 0 saturated carbocycles. The lowest BCUT2D eigenvalue weighted by molar-refractivity contribution is 0.208. The first-order chi connectivity index (χ1) is 6.97. The van der Waals surface area contributed by atoms with E-state index in [0.29, 0.717) is 0 Å². The van der Waals surface area contributed by atoms with Gasteiger partial charge in [0.2, 0.25) is 0 Å². The van der Waals surface area contributed by atoms with Crippen LogP contribution in [0, 0.1) is 0 Å². The van der Waals surface area contributed by atoms with Crippen LogP contribution in [-0.2, 0) is 10.1 Å². The van der Waals surface area contributed by atoms with Gasteiger partial charge in [0.25, 0.3) is 10.1 Å². The zero-order valence-corrected chi connectivity index (χ0v) is 8.81. The van der Waals surface area contributed by atoms with Crippen LogP contribution in [0.25, 0.3) is 0 Å². The minimum Gasteiger partial charge on any atom is -0.390 e. The summed E-state index contributed by atoms with van der Waals surface area (Å²) in [5.41, 5.74) is 0.784. The second-order valence-electron chi connectivity index (χ2n) is 3.15. The van der Waals surface area contributed by atoms with Gasteiger partial charge in [0.1, 0.15) is 5.75 Å². The summed E-state index contributed by atoms with van der Waals surface area (Å²) >= 11 is 0. The fraction of sp³-hybridized carbons (Fsp3) is 0.333. The van der Waals surface area contributed by atoms with E-state index in [1.54, 1.807) is 12.1 Å². The molecule has 0 bridgehead atoms. The Hall–Kier alpha value is -1.11. The molecule has 15 heavy (non-hydrogen) atoms. The molecule has 5 nitrogen and oxygen atoms in total. The molecule has 0 unspecified atom stereocenters. The molecule has 0 spiro atoms. The van der Waals surface area contributed by atoms with Crippen LogP contribution in [0.5, 0.6) is 0 Å². The van der Waals surface area contributed by atoms with Crippen molar-refractivity contribution in [1.82, 2.24) is 0 Å². The third-order valence-corrected chi connectivity index (χ3v) is 2.52. The maximum absolute atomic E-state index is 10.4. The number of nitrogens with one attached hydrogen (secondary N) is 1. The third kappa shape index (κ3) is 5.36. The summed E-state index contributed by atoms with van der Waals surface area (Å²) in [5, 5.41) is 12.1. The van der Waals surface area contributed by atoms with Crippen LogP contribution in [0.15, 0.2) is 30.3 Å². The van der Waals surface area contributed by atoms with Gasteiger partial charge in [-0.2, -0.15) is 8.42 Å². The maximum atomic E-state index is 10.4. The summed E-state index contributed by atoms with van der Waals surface area (Å²) < 4.78 is 29.3. The van der Waals surface area contributed by atoms with Gasteiger partial charge in [0.15, 0.2) is 0 Å². The van der Waals surface area contributed by atoms with Crippen LogP contribution in [0.3, 0.4) is 0 Å². The van der Waals surface area contributed by atoms with Gasteiger partial charge < -0.3 is 10.4 Å². The molecular formula is C9H13NO4S. The zero-order valence-electron chi connectivity index (χ0n) is 8.00. The van der Waals surface area contributed by atoms with Crippen molar-refractivity contribution in [2.45, 2.75) is 6.10 Å². The SMILES string of the molecule is O=S(=O)(O)C[C@H](O)CNc1ccccc1. The minimum atomic E-state index is -4.12. The van der Waals surface area contributed by atoms with E-state index in [9.17, 15) is 13.5 Å². The van der Waals surface area contributed by atoms with Gasteiger partial charge in [-0.15, -0.1) is 0 Å². The smallest absolute Gasteiger partial charge is 0.267 e. The van der Waals surface area contributed by atoms with Crippen LogP contribution < -0.4 is 5.32 Å². The predicted molar refractivity (Wildman–Crippen MR) is 57.4 cm³/mol. The van der Waals surface area contributed by atoms with Crippen molar-refractivity contribution in [1.29, 1.82) is 0 Å². The van der Waals surface area contributed by atoms with Gasteiger partial charge in [-0.3, -0.25) is 4.55 Å². The lowest BCUT2D eigenvalue weighted by atomic mass is 10.3. The molecule has 1 aromatic rings. The Bertz CT molecular complexity index is 390. The van der Waals surface area contributed by atoms with E-state index in [1.807, 2.05) is 18.2 Å². The number of para-hydroxylation sites is 1. The van der Waals surface area contributed by atoms with Gasteiger partial charge >= 0.3 is 0 Å². The van der Waals surface area contributed by atoms with Gasteiger partial charge in [-0.1, -0.05) is 18.2 Å². The van der Waals surface area contributed by atoms with E-state index in [0.717, 1.165) is 5.69 Å². The number of benzene rings is 1. The van der Waals surface area contributed by atoms with Gasteiger partial charge in [0.05, 0.1) is 6.10 Å². The Morgan fingerprint density at radius 1 is 1.27 bits per heavy atom. The molecule has 0 saturated heterocycles. The summed E-state index contributed by atoms with van der Waals surface area (Å²) in [6.45, 7) is 0.0732. The molecule has 0 radical (unpaired) electrons. The molecule has 84 valence electrons. The first-order valence-electron chi connectivity index (χ1n) is 4.39. The fourth-order valence-electron chi connectivity index (χ4n) is 1.09. The van der Waals surface area contributed by atoms with Gasteiger partial charge in [-0.25, -0.2) is 0 Å². The third-order valence-electron chi connectivity index (χ3n) is 1.72. The first-order valence-corrected chi connectivity index (χ1v) is 6.00. The van der Waals surface area contributed by atoms with Crippen molar-refractivity contribution in [3.05, 3.63) is 30.3 Å². The molecule has 0 aliphatic rings. The van der Waals surface area contributed by atoms with Crippen LogP contribution in [0.2, 0.25) is 0 Å². The Kier molecular flexibility index (Phi) is 4.07. The number of aliphatic hydroxyl groups excluding tert-OH is 1. The van der Waals surface area contributed by atoms with Crippen molar-refractivity contribution in [3.63, 3.8) is 0 Å². The minimum absolute atomic E-state index is 0.0732. The van der Waals surface area contributed by atoms with E-state index in [-0.39, 0.29) is 6.54 Å². The molecular weight excluding hydrogens is 218 g/mol. The summed E-state index contributed by atoms with van der Waals surface area (Å²) in [5.74, 6) is -0.660. The zero-order chi connectivity index (χ0) is 11.3. The summed E-state index contributed by atoms with van der Waals surface area (Å²) in [7, 11) is -4.12. The van der Waals surface area contributed by atoms with Crippen LogP contribution >= 0.6 is 0 Å². The molecule has 0 amide bonds. The monoisotopic (exact) mass is 231 g/mol. The van der Waals surface area contributed by atoms with E-state index < -0.39 is 22.0 Å². The molecule has 0 aliphatic heterocycles. The van der Waals surface area contributed by atoms with Crippen molar-refractivity contribution in [2.75, 3.05) is 17.6 Å². The fourth-order valence-corrected chi connectivity index (χ4v) is 1.70. The lowest BCUT2D eigenvalue weighted by Gasteiger charge is -2.10. The number of anilines is 1. The molecule has 6 heteroatoms. The van der Waals surface area contributed by atoms with Crippen molar-refractivity contribution in [3.8, 4) is 0 Å². The number of aliphatic hydroxyl groups is 1. The molecule has 1 aromatic carbocycles. The molecule has 0 heterocycles. The highest BCUT2D eigenvalue weighted by atomic mass is 32.2. The highest BCUT2D eigenvalue weighted by Gasteiger charge is 2.13. The van der Waals surface area contributed by atoms with Crippen LogP contribution in [0.4, 0.5) is 5.69 Å². The van der Waals surface area contributed by atoms with Gasteiger partial charge in [0, 0.05) is 12.2 Å². The highest BCUT2D eigenvalue weighted by Crippen LogP contribution is 2.04. The largest absolute Gasteiger partial charge is 0.390 e. The first kappa shape index (κ1) is 12.0. The second-order valence-corrected chi connectivity index (χ2v) is 4.65. The highest BCUT2D eigenvalue weighted by molar-refractivity contribution is 7.85. The topological polar surface area (TPSA) is 86.6 Å². The average molecular weight is 231 g/mol. The Balaban J connectivity index is 2.38. The van der Waals surface area contributed by atoms with E-state index in [2.05, 4.69) is 5.32 Å². The number of hydrogen-bond acceptors (Lipinski definition) is 4. The van der Waals surface area contributed by atoms with Crippen molar-refractivity contribution < 1.29 is 18.1 Å². The van der Waals surface area contributed by atoms with E-state index in [4.69, 9.17) is 4.55 Å². The standard InChI is InChI=1S/C9H13NO4S/c11-9(7-15(12,13)14)6-10-8-4-2-1-3-5-8/h1-5,9-11H,6-7H2,(H,12,13,14)/t9-/m1/s1. The maximum Gasteiger partial charge on any atom is 0.267 e. The quantitative estimate of drug-likeness (QED) is 0.636. The van der Waals surface area contributed by atoms with Crippen molar-refractivity contribution in [2.24, 2.45) is 0 Å². The summed E-state index contributed by atoms with van der Waals surface area (Å²) in [6.07, 6.45) is -1.12. The van der Waals surface area contributed by atoms with E-state index in [1.165, 1.54) is 0 Å². The normalized spacial score (nSPS) is 13.5. The molecule has 0 aliphatic carbocycles. The molecule has 0 aromatic heterocycles.